The number of fused-ring (bicyclic) bond motifs is 1. The zero-order valence-corrected chi connectivity index (χ0v) is 19.7. The van der Waals surface area contributed by atoms with Crippen molar-refractivity contribution in [1.82, 2.24) is 9.88 Å². The van der Waals surface area contributed by atoms with Gasteiger partial charge >= 0.3 is 5.97 Å². The zero-order chi connectivity index (χ0) is 23.4. The maximum atomic E-state index is 12.5. The molecule has 3 aromatic rings. The molecule has 6 nitrogen and oxygen atoms in total. The monoisotopic (exact) mass is 459 g/mol. The van der Waals surface area contributed by atoms with E-state index in [2.05, 4.69) is 18.0 Å². The average molecular weight is 460 g/mol. The van der Waals surface area contributed by atoms with Crippen LogP contribution in [-0.2, 0) is 17.8 Å². The Kier molecular flexibility index (Phi) is 6.97. The SMILES string of the molecule is COc1cccc(-c2c(C#N)c(SCC(=O)Oc3ccc(C)cc3)nc3c2CN(C)CC3)c1. The smallest absolute Gasteiger partial charge is 0.321 e. The first-order valence-electron chi connectivity index (χ1n) is 10.7. The number of aromatic nitrogens is 1. The molecule has 0 radical (unpaired) electrons. The first-order valence-corrected chi connectivity index (χ1v) is 11.7. The van der Waals surface area contributed by atoms with Crippen molar-refractivity contribution in [3.8, 4) is 28.7 Å². The Labute approximate surface area is 198 Å². The molecule has 0 N–H and O–H groups in total. The van der Waals surface area contributed by atoms with Gasteiger partial charge in [0.25, 0.3) is 0 Å². The fraction of sp³-hybridized carbons (Fsp3) is 0.269. The van der Waals surface area contributed by atoms with Crippen molar-refractivity contribution in [2.24, 2.45) is 0 Å². The van der Waals surface area contributed by atoms with Gasteiger partial charge in [-0.05, 0) is 49.4 Å². The first kappa shape index (κ1) is 22.8. The van der Waals surface area contributed by atoms with Gasteiger partial charge in [0.2, 0.25) is 0 Å². The van der Waals surface area contributed by atoms with E-state index in [4.69, 9.17) is 14.5 Å². The number of benzene rings is 2. The summed E-state index contributed by atoms with van der Waals surface area (Å²) in [5, 5.41) is 10.7. The van der Waals surface area contributed by atoms with Crippen molar-refractivity contribution in [3.05, 3.63) is 70.9 Å². The standard InChI is InChI=1S/C26H25N3O3S/c1-17-7-9-19(10-8-17)32-24(30)16-33-26-21(14-27)25(18-5-4-6-20(13-18)31-3)22-15-29(2)12-11-23(22)28-26/h4-10,13H,11-12,15-16H2,1-3H3. The van der Waals surface area contributed by atoms with Gasteiger partial charge in [-0.3, -0.25) is 4.79 Å². The van der Waals surface area contributed by atoms with Gasteiger partial charge in [0.1, 0.15) is 22.6 Å². The van der Waals surface area contributed by atoms with Gasteiger partial charge in [-0.15, -0.1) is 0 Å². The van der Waals surface area contributed by atoms with Crippen molar-refractivity contribution < 1.29 is 14.3 Å². The highest BCUT2D eigenvalue weighted by atomic mass is 32.2. The van der Waals surface area contributed by atoms with Crippen LogP contribution in [0, 0.1) is 18.3 Å². The van der Waals surface area contributed by atoms with E-state index in [1.807, 2.05) is 43.3 Å². The van der Waals surface area contributed by atoms with Crippen LogP contribution in [0.3, 0.4) is 0 Å². The minimum absolute atomic E-state index is 0.0613. The molecule has 168 valence electrons. The number of likely N-dealkylation sites (N-methyl/N-ethyl adjacent to an activating group) is 1. The van der Waals surface area contributed by atoms with E-state index in [0.29, 0.717) is 22.9 Å². The van der Waals surface area contributed by atoms with Crippen LogP contribution in [0.25, 0.3) is 11.1 Å². The Morgan fingerprint density at radius 2 is 2.00 bits per heavy atom. The summed E-state index contributed by atoms with van der Waals surface area (Å²) >= 11 is 1.24. The van der Waals surface area contributed by atoms with E-state index in [-0.39, 0.29) is 11.7 Å². The molecular formula is C26H25N3O3S. The molecule has 0 fully saturated rings. The number of thioether (sulfide) groups is 1. The molecule has 0 saturated carbocycles. The van der Waals surface area contributed by atoms with Crippen LogP contribution in [0.2, 0.25) is 0 Å². The third-order valence-electron chi connectivity index (χ3n) is 5.56. The lowest BCUT2D eigenvalue weighted by Crippen LogP contribution is -2.28. The number of rotatable bonds is 6. The number of methoxy groups -OCH3 is 1. The number of nitriles is 1. The topological polar surface area (TPSA) is 75.4 Å². The Bertz CT molecular complexity index is 1220. The van der Waals surface area contributed by atoms with Gasteiger partial charge < -0.3 is 14.4 Å². The van der Waals surface area contributed by atoms with Crippen LogP contribution in [0.4, 0.5) is 0 Å². The summed E-state index contributed by atoms with van der Waals surface area (Å²) in [6, 6.07) is 17.4. The van der Waals surface area contributed by atoms with Gasteiger partial charge in [-0.25, -0.2) is 4.98 Å². The molecule has 1 aliphatic rings. The number of esters is 1. The molecule has 0 unspecified atom stereocenters. The van der Waals surface area contributed by atoms with E-state index < -0.39 is 0 Å². The maximum Gasteiger partial charge on any atom is 0.321 e. The Balaban J connectivity index is 1.67. The lowest BCUT2D eigenvalue weighted by molar-refractivity contribution is -0.131. The summed E-state index contributed by atoms with van der Waals surface area (Å²) < 4.78 is 10.9. The highest BCUT2D eigenvalue weighted by Gasteiger charge is 2.25. The third-order valence-corrected chi connectivity index (χ3v) is 6.51. The molecule has 2 heterocycles. The van der Waals surface area contributed by atoms with E-state index in [0.717, 1.165) is 46.7 Å². The number of pyridine rings is 1. The normalized spacial score (nSPS) is 13.2. The molecule has 0 aliphatic carbocycles. The van der Waals surface area contributed by atoms with Crippen LogP contribution in [0.15, 0.2) is 53.6 Å². The second-order valence-corrected chi connectivity index (χ2v) is 8.96. The van der Waals surface area contributed by atoms with E-state index in [9.17, 15) is 10.1 Å². The maximum absolute atomic E-state index is 12.5. The predicted octanol–water partition coefficient (Wildman–Crippen LogP) is 4.62. The molecule has 0 spiro atoms. The second-order valence-electron chi connectivity index (χ2n) is 8.00. The highest BCUT2D eigenvalue weighted by Crippen LogP contribution is 2.38. The molecule has 0 bridgehead atoms. The number of aryl methyl sites for hydroxylation is 1. The summed E-state index contributed by atoms with van der Waals surface area (Å²) in [6.07, 6.45) is 0.788. The summed E-state index contributed by atoms with van der Waals surface area (Å²) in [6.45, 7) is 3.58. The number of nitrogens with zero attached hydrogens (tertiary/aromatic N) is 3. The van der Waals surface area contributed by atoms with Crippen molar-refractivity contribution in [1.29, 1.82) is 5.26 Å². The summed E-state index contributed by atoms with van der Waals surface area (Å²) in [5.74, 6) is 0.911. The van der Waals surface area contributed by atoms with Crippen LogP contribution in [-0.4, -0.2) is 42.3 Å². The number of ether oxygens (including phenoxy) is 2. The molecule has 33 heavy (non-hydrogen) atoms. The molecule has 1 aromatic heterocycles. The van der Waals surface area contributed by atoms with Gasteiger partial charge in [0.05, 0.1) is 18.4 Å². The van der Waals surface area contributed by atoms with E-state index in [1.165, 1.54) is 11.8 Å². The third kappa shape index (κ3) is 5.19. The van der Waals surface area contributed by atoms with Crippen molar-refractivity contribution in [2.45, 2.75) is 24.9 Å². The van der Waals surface area contributed by atoms with Gasteiger partial charge in [0, 0.05) is 30.8 Å². The predicted molar refractivity (Wildman–Crippen MR) is 129 cm³/mol. The average Bonchev–Trinajstić information content (AvgIpc) is 2.83. The van der Waals surface area contributed by atoms with Crippen LogP contribution < -0.4 is 9.47 Å². The molecular weight excluding hydrogens is 434 g/mol. The Morgan fingerprint density at radius 3 is 2.73 bits per heavy atom. The quantitative estimate of drug-likeness (QED) is 0.302. The number of carbonyl (C=O) groups excluding carboxylic acids is 1. The van der Waals surface area contributed by atoms with Gasteiger partial charge in [-0.1, -0.05) is 41.6 Å². The van der Waals surface area contributed by atoms with Crippen molar-refractivity contribution in [2.75, 3.05) is 26.5 Å². The van der Waals surface area contributed by atoms with Gasteiger partial charge in [0.15, 0.2) is 0 Å². The highest BCUT2D eigenvalue weighted by molar-refractivity contribution is 7.99. The fourth-order valence-electron chi connectivity index (χ4n) is 3.87. The summed E-state index contributed by atoms with van der Waals surface area (Å²) in [5.41, 5.74) is 5.37. The first-order chi connectivity index (χ1) is 16.0. The lowest BCUT2D eigenvalue weighted by atomic mass is 9.91. The largest absolute Gasteiger partial charge is 0.497 e. The lowest BCUT2D eigenvalue weighted by Gasteiger charge is -2.28. The number of hydrogen-bond donors (Lipinski definition) is 0. The van der Waals surface area contributed by atoms with E-state index >= 15 is 0 Å². The number of hydrogen-bond acceptors (Lipinski definition) is 7. The number of carbonyl (C=O) groups is 1. The molecule has 0 atom stereocenters. The van der Waals surface area contributed by atoms with Crippen LogP contribution in [0.5, 0.6) is 11.5 Å². The van der Waals surface area contributed by atoms with Crippen molar-refractivity contribution >= 4 is 17.7 Å². The Morgan fingerprint density at radius 1 is 1.21 bits per heavy atom. The van der Waals surface area contributed by atoms with E-state index in [1.54, 1.807) is 19.2 Å². The summed E-state index contributed by atoms with van der Waals surface area (Å²) in [7, 11) is 3.69. The molecule has 2 aromatic carbocycles. The Hall–Kier alpha value is -3.34. The van der Waals surface area contributed by atoms with Gasteiger partial charge in [-0.2, -0.15) is 5.26 Å². The molecule has 4 rings (SSSR count). The molecule has 7 heteroatoms. The molecule has 0 amide bonds. The zero-order valence-electron chi connectivity index (χ0n) is 18.9. The summed E-state index contributed by atoms with van der Waals surface area (Å²) in [4.78, 5) is 19.5. The fourth-order valence-corrected chi connectivity index (χ4v) is 4.65. The minimum atomic E-state index is -0.380. The van der Waals surface area contributed by atoms with Crippen LogP contribution >= 0.6 is 11.8 Å². The van der Waals surface area contributed by atoms with Crippen LogP contribution in [0.1, 0.15) is 22.4 Å². The minimum Gasteiger partial charge on any atom is -0.497 e. The molecule has 1 aliphatic heterocycles. The second kappa shape index (κ2) is 10.1. The van der Waals surface area contributed by atoms with Crippen molar-refractivity contribution in [3.63, 3.8) is 0 Å². The molecule has 0 saturated heterocycles.